The molecule has 0 amide bonds. The van der Waals surface area contributed by atoms with Crippen LogP contribution in [-0.4, -0.2) is 20.1 Å². The molecule has 2 aromatic carbocycles. The Labute approximate surface area is 146 Å². The molecule has 0 aliphatic rings. The Hall–Kier alpha value is -1.64. The van der Waals surface area contributed by atoms with Crippen LogP contribution in [0.5, 0.6) is 5.75 Å². The second kappa shape index (κ2) is 6.10. The highest BCUT2D eigenvalue weighted by Crippen LogP contribution is 2.22. The molecule has 0 saturated heterocycles. The highest BCUT2D eigenvalue weighted by atomic mass is 79.9. The molecule has 23 heavy (non-hydrogen) atoms. The van der Waals surface area contributed by atoms with Crippen LogP contribution in [0, 0.1) is 0 Å². The molecule has 0 radical (unpaired) electrons. The molecule has 1 heterocycles. The van der Waals surface area contributed by atoms with Gasteiger partial charge < -0.3 is 9.30 Å². The topological polar surface area (TPSA) is 60.7 Å². The van der Waals surface area contributed by atoms with Crippen LogP contribution < -0.4 is 9.54 Å². The highest BCUT2D eigenvalue weighted by Gasteiger charge is 2.14. The van der Waals surface area contributed by atoms with Gasteiger partial charge in [0.05, 0.1) is 22.2 Å². The summed E-state index contributed by atoms with van der Waals surface area (Å²) in [6, 6.07) is 12.0. The van der Waals surface area contributed by atoms with Crippen molar-refractivity contribution in [1.82, 2.24) is 4.57 Å². The molecule has 0 aliphatic carbocycles. The molecule has 0 N–H and O–H groups in total. The van der Waals surface area contributed by atoms with E-state index in [-0.39, 0.29) is 4.90 Å². The first-order valence-corrected chi connectivity index (χ1v) is 9.66. The molecule has 5 nitrogen and oxygen atoms in total. The summed E-state index contributed by atoms with van der Waals surface area (Å²) in [6.07, 6.45) is 0. The van der Waals surface area contributed by atoms with Crippen molar-refractivity contribution in [3.05, 3.63) is 51.7 Å². The standard InChI is InChI=1S/C15H13BrN2O3S2/c1-18-13-8-3-10(16)9-14(13)22-15(18)17-23(19,20)12-6-4-11(21-2)5-7-12/h3-9H,1-2H3/b17-15-. The van der Waals surface area contributed by atoms with Crippen molar-refractivity contribution in [3.8, 4) is 5.75 Å². The number of halogens is 1. The van der Waals surface area contributed by atoms with E-state index in [1.807, 2.05) is 18.2 Å². The predicted molar refractivity (Wildman–Crippen MR) is 94.2 cm³/mol. The van der Waals surface area contributed by atoms with Gasteiger partial charge in [-0.1, -0.05) is 27.3 Å². The zero-order valence-electron chi connectivity index (χ0n) is 12.4. The number of hydrogen-bond donors (Lipinski definition) is 0. The van der Waals surface area contributed by atoms with Crippen LogP contribution in [-0.2, 0) is 17.1 Å². The number of aryl methyl sites for hydroxylation is 1. The summed E-state index contributed by atoms with van der Waals surface area (Å²) < 4.78 is 37.6. The average Bonchev–Trinajstić information content (AvgIpc) is 2.82. The monoisotopic (exact) mass is 412 g/mol. The first-order valence-electron chi connectivity index (χ1n) is 6.61. The lowest BCUT2D eigenvalue weighted by molar-refractivity contribution is 0.414. The summed E-state index contributed by atoms with van der Waals surface area (Å²) in [5, 5.41) is 0. The number of ether oxygens (including phenoxy) is 1. The van der Waals surface area contributed by atoms with Crippen molar-refractivity contribution >= 4 is 47.5 Å². The Kier molecular flexibility index (Phi) is 4.31. The molecule has 0 fully saturated rings. The van der Waals surface area contributed by atoms with Gasteiger partial charge in [-0.2, -0.15) is 8.42 Å². The summed E-state index contributed by atoms with van der Waals surface area (Å²) in [7, 11) is -0.440. The van der Waals surface area contributed by atoms with E-state index in [0.717, 1.165) is 14.7 Å². The quantitative estimate of drug-likeness (QED) is 0.662. The molecule has 0 unspecified atom stereocenters. The molecule has 0 saturated carbocycles. The Morgan fingerprint density at radius 3 is 2.52 bits per heavy atom. The van der Waals surface area contributed by atoms with Crippen LogP contribution in [0.3, 0.4) is 0 Å². The van der Waals surface area contributed by atoms with Crippen LogP contribution in [0.25, 0.3) is 10.2 Å². The second-order valence-electron chi connectivity index (χ2n) is 4.80. The Morgan fingerprint density at radius 2 is 1.87 bits per heavy atom. The number of thiazole rings is 1. The number of hydrogen-bond acceptors (Lipinski definition) is 4. The lowest BCUT2D eigenvalue weighted by Gasteiger charge is -2.01. The Bertz CT molecular complexity index is 1030. The minimum Gasteiger partial charge on any atom is -0.497 e. The minimum absolute atomic E-state index is 0.136. The van der Waals surface area contributed by atoms with Crippen molar-refractivity contribution < 1.29 is 13.2 Å². The smallest absolute Gasteiger partial charge is 0.285 e. The Morgan fingerprint density at radius 1 is 1.17 bits per heavy atom. The van der Waals surface area contributed by atoms with Gasteiger partial charge in [0.15, 0.2) is 0 Å². The maximum Gasteiger partial charge on any atom is 0.285 e. The summed E-state index contributed by atoms with van der Waals surface area (Å²) >= 11 is 4.74. The zero-order valence-corrected chi connectivity index (χ0v) is 15.6. The van der Waals surface area contributed by atoms with Crippen LogP contribution in [0.1, 0.15) is 0 Å². The van der Waals surface area contributed by atoms with Gasteiger partial charge in [-0.25, -0.2) is 0 Å². The highest BCUT2D eigenvalue weighted by molar-refractivity contribution is 9.10. The number of fused-ring (bicyclic) bond motifs is 1. The van der Waals surface area contributed by atoms with E-state index >= 15 is 0 Å². The van der Waals surface area contributed by atoms with E-state index < -0.39 is 10.0 Å². The van der Waals surface area contributed by atoms with Crippen LogP contribution in [0.4, 0.5) is 0 Å². The number of benzene rings is 2. The van der Waals surface area contributed by atoms with E-state index in [9.17, 15) is 8.42 Å². The molecular weight excluding hydrogens is 400 g/mol. The van der Waals surface area contributed by atoms with Crippen molar-refractivity contribution in [3.63, 3.8) is 0 Å². The molecule has 0 atom stereocenters. The third-order valence-electron chi connectivity index (χ3n) is 3.33. The third kappa shape index (κ3) is 3.19. The number of sulfonamides is 1. The minimum atomic E-state index is -3.77. The zero-order chi connectivity index (χ0) is 16.6. The van der Waals surface area contributed by atoms with Crippen molar-refractivity contribution in [1.29, 1.82) is 0 Å². The van der Waals surface area contributed by atoms with Gasteiger partial charge in [-0.05, 0) is 42.5 Å². The van der Waals surface area contributed by atoms with Gasteiger partial charge in [-0.15, -0.1) is 4.40 Å². The molecule has 0 spiro atoms. The van der Waals surface area contributed by atoms with E-state index in [2.05, 4.69) is 20.3 Å². The second-order valence-corrected chi connectivity index (χ2v) is 8.33. The maximum absolute atomic E-state index is 12.5. The fourth-order valence-corrected chi connectivity index (χ4v) is 4.90. The molecule has 0 bridgehead atoms. The van der Waals surface area contributed by atoms with Gasteiger partial charge in [0.25, 0.3) is 10.0 Å². The molecule has 3 rings (SSSR count). The van der Waals surface area contributed by atoms with E-state index in [4.69, 9.17) is 4.74 Å². The fraction of sp³-hybridized carbons (Fsp3) is 0.133. The number of aromatic nitrogens is 1. The third-order valence-corrected chi connectivity index (χ3v) is 6.31. The van der Waals surface area contributed by atoms with Crippen molar-refractivity contribution in [2.45, 2.75) is 4.90 Å². The van der Waals surface area contributed by atoms with Gasteiger partial charge in [-0.3, -0.25) is 0 Å². The number of rotatable bonds is 3. The Balaban J connectivity index is 2.14. The summed E-state index contributed by atoms with van der Waals surface area (Å²) in [4.78, 5) is 0.561. The maximum atomic E-state index is 12.5. The number of methoxy groups -OCH3 is 1. The molecule has 8 heteroatoms. The first-order chi connectivity index (χ1) is 10.9. The SMILES string of the molecule is COc1ccc(S(=O)(=O)/N=c2\sc3cc(Br)ccc3n2C)cc1. The van der Waals surface area contributed by atoms with Crippen molar-refractivity contribution in [2.24, 2.45) is 11.4 Å². The normalized spacial score (nSPS) is 12.7. The largest absolute Gasteiger partial charge is 0.497 e. The summed E-state index contributed by atoms with van der Waals surface area (Å²) in [5.74, 6) is 0.598. The molecule has 120 valence electrons. The van der Waals surface area contributed by atoms with Gasteiger partial charge in [0, 0.05) is 11.5 Å². The molecular formula is C15H13BrN2O3S2. The van der Waals surface area contributed by atoms with E-state index in [1.165, 1.54) is 30.6 Å². The lowest BCUT2D eigenvalue weighted by Crippen LogP contribution is -2.13. The predicted octanol–water partition coefficient (Wildman–Crippen LogP) is 3.30. The van der Waals surface area contributed by atoms with E-state index in [0.29, 0.717) is 10.6 Å². The summed E-state index contributed by atoms with van der Waals surface area (Å²) in [5.41, 5.74) is 0.932. The van der Waals surface area contributed by atoms with Crippen LogP contribution in [0.15, 0.2) is 56.2 Å². The fourth-order valence-electron chi connectivity index (χ4n) is 2.10. The average molecular weight is 413 g/mol. The van der Waals surface area contributed by atoms with Crippen LogP contribution >= 0.6 is 27.3 Å². The number of nitrogens with zero attached hydrogens (tertiary/aromatic N) is 2. The van der Waals surface area contributed by atoms with Gasteiger partial charge in [0.1, 0.15) is 5.75 Å². The lowest BCUT2D eigenvalue weighted by atomic mass is 10.3. The van der Waals surface area contributed by atoms with Crippen molar-refractivity contribution in [2.75, 3.05) is 7.11 Å². The molecule has 3 aromatic rings. The summed E-state index contributed by atoms with van der Waals surface area (Å²) in [6.45, 7) is 0. The van der Waals surface area contributed by atoms with Gasteiger partial charge >= 0.3 is 0 Å². The van der Waals surface area contributed by atoms with Gasteiger partial charge in [0.2, 0.25) is 4.80 Å². The molecule has 0 aliphatic heterocycles. The molecule has 1 aromatic heterocycles. The first kappa shape index (κ1) is 16.2. The van der Waals surface area contributed by atoms with Crippen LogP contribution in [0.2, 0.25) is 0 Å². The van der Waals surface area contributed by atoms with E-state index in [1.54, 1.807) is 23.7 Å².